The van der Waals surface area contributed by atoms with Crippen LogP contribution in [-0.2, 0) is 22.7 Å². The maximum atomic E-state index is 12.8. The highest BCUT2D eigenvalue weighted by molar-refractivity contribution is 6.05. The van der Waals surface area contributed by atoms with Gasteiger partial charge in [-0.1, -0.05) is 25.0 Å². The highest BCUT2D eigenvalue weighted by Gasteiger charge is 2.39. The summed E-state index contributed by atoms with van der Waals surface area (Å²) in [7, 11) is 0. The van der Waals surface area contributed by atoms with E-state index in [2.05, 4.69) is 10.6 Å². The first-order valence-electron chi connectivity index (χ1n) is 14.5. The number of amides is 4. The third-order valence-corrected chi connectivity index (χ3v) is 7.93. The van der Waals surface area contributed by atoms with Crippen molar-refractivity contribution in [2.75, 3.05) is 26.2 Å². The maximum Gasteiger partial charge on any atom is 0.255 e. The van der Waals surface area contributed by atoms with Crippen molar-refractivity contribution in [3.63, 3.8) is 0 Å². The number of nitrogens with zero attached hydrogens (tertiary/aromatic N) is 2. The molecule has 3 heterocycles. The highest BCUT2D eigenvalue weighted by Crippen LogP contribution is 2.30. The average molecular weight is 547 g/mol. The van der Waals surface area contributed by atoms with Crippen LogP contribution in [0.2, 0.25) is 0 Å². The molecule has 2 saturated heterocycles. The van der Waals surface area contributed by atoms with E-state index in [1.807, 2.05) is 41.3 Å². The number of imide groups is 1. The van der Waals surface area contributed by atoms with Crippen molar-refractivity contribution in [3.8, 4) is 5.75 Å². The average Bonchev–Trinajstić information content (AvgIpc) is 3.61. The van der Waals surface area contributed by atoms with Gasteiger partial charge in [-0.2, -0.15) is 0 Å². The molecule has 3 aliphatic rings. The van der Waals surface area contributed by atoms with Crippen LogP contribution in [-0.4, -0.2) is 65.7 Å². The molecule has 9 nitrogen and oxygen atoms in total. The van der Waals surface area contributed by atoms with Crippen molar-refractivity contribution in [3.05, 3.63) is 64.7 Å². The predicted octanol–water partition coefficient (Wildman–Crippen LogP) is 3.41. The third-order valence-electron chi connectivity index (χ3n) is 7.93. The van der Waals surface area contributed by atoms with Gasteiger partial charge in [0.1, 0.15) is 11.8 Å². The molecule has 2 fully saturated rings. The fraction of sp³-hybridized carbons (Fsp3) is 0.484. The van der Waals surface area contributed by atoms with Crippen LogP contribution in [0.4, 0.5) is 0 Å². The number of carbonyl (C=O) groups is 4. The fourth-order valence-electron chi connectivity index (χ4n) is 5.64. The molecular weight excluding hydrogens is 508 g/mol. The molecule has 2 aromatic rings. The van der Waals surface area contributed by atoms with Gasteiger partial charge < -0.3 is 19.9 Å². The molecule has 4 amide bonds. The quantitative estimate of drug-likeness (QED) is 0.312. The summed E-state index contributed by atoms with van der Waals surface area (Å²) in [6, 6.07) is 12.8. The number of rotatable bonds is 12. The third kappa shape index (κ3) is 6.70. The number of hydrogen-bond donors (Lipinski definition) is 2. The molecule has 0 bridgehead atoms. The normalized spacial score (nSPS) is 18.7. The van der Waals surface area contributed by atoms with Crippen LogP contribution in [0.25, 0.3) is 0 Å². The van der Waals surface area contributed by atoms with Gasteiger partial charge in [0.05, 0.1) is 6.61 Å². The molecule has 1 atom stereocenters. The van der Waals surface area contributed by atoms with Gasteiger partial charge in [0, 0.05) is 43.7 Å². The minimum absolute atomic E-state index is 0.142. The van der Waals surface area contributed by atoms with Crippen LogP contribution in [0.3, 0.4) is 0 Å². The van der Waals surface area contributed by atoms with Crippen LogP contribution in [0.15, 0.2) is 42.5 Å². The van der Waals surface area contributed by atoms with Gasteiger partial charge in [0.2, 0.25) is 11.8 Å². The molecule has 2 N–H and O–H groups in total. The number of likely N-dealkylation sites (tertiary alicyclic amines) is 1. The number of carbonyl (C=O) groups excluding carboxylic acids is 4. The Labute approximate surface area is 235 Å². The van der Waals surface area contributed by atoms with Crippen molar-refractivity contribution in [2.45, 2.75) is 70.5 Å². The molecule has 0 saturated carbocycles. The number of nitrogens with one attached hydrogen (secondary N) is 2. The first-order chi connectivity index (χ1) is 19.5. The number of benzene rings is 2. The summed E-state index contributed by atoms with van der Waals surface area (Å²) in [5, 5.41) is 5.81. The highest BCUT2D eigenvalue weighted by atomic mass is 16.5. The smallest absolute Gasteiger partial charge is 0.255 e. The van der Waals surface area contributed by atoms with Gasteiger partial charge in [0.15, 0.2) is 0 Å². The topological polar surface area (TPSA) is 108 Å². The van der Waals surface area contributed by atoms with Gasteiger partial charge >= 0.3 is 0 Å². The molecule has 2 aromatic carbocycles. The Bertz CT molecular complexity index is 1240. The summed E-state index contributed by atoms with van der Waals surface area (Å²) >= 11 is 0. The van der Waals surface area contributed by atoms with E-state index in [-0.39, 0.29) is 24.1 Å². The number of unbranched alkanes of at least 4 members (excludes halogenated alkanes) is 3. The number of piperidine rings is 1. The first-order valence-corrected chi connectivity index (χ1v) is 14.5. The summed E-state index contributed by atoms with van der Waals surface area (Å²) in [5.74, 6) is 0.0129. The lowest BCUT2D eigenvalue weighted by molar-refractivity contribution is -0.136. The van der Waals surface area contributed by atoms with Crippen LogP contribution in [0, 0.1) is 0 Å². The lowest BCUT2D eigenvalue weighted by atomic mass is 10.0. The standard InChI is InChI=1S/C31H38N4O5/c36-28-14-13-27(29(37)33-28)35-21-24-19-25(11-12-26(24)31(35)39)40-18-6-2-1-3-15-32-20-22-7-9-23(10-8-22)30(38)34-16-4-5-17-34/h7-12,19,27,32H,1-6,13-18,20-21H2,(H,33,36,37). The van der Waals surface area contributed by atoms with Crippen LogP contribution in [0.5, 0.6) is 5.75 Å². The Hall–Kier alpha value is -3.72. The van der Waals surface area contributed by atoms with Crippen LogP contribution in [0.1, 0.15) is 83.2 Å². The van der Waals surface area contributed by atoms with Crippen molar-refractivity contribution in [1.82, 2.24) is 20.4 Å². The zero-order valence-electron chi connectivity index (χ0n) is 23.0. The van der Waals surface area contributed by atoms with E-state index in [0.29, 0.717) is 25.1 Å². The molecule has 212 valence electrons. The lowest BCUT2D eigenvalue weighted by Crippen LogP contribution is -2.52. The fourth-order valence-corrected chi connectivity index (χ4v) is 5.64. The molecule has 0 aromatic heterocycles. The zero-order valence-corrected chi connectivity index (χ0v) is 23.0. The van der Waals surface area contributed by atoms with E-state index in [1.165, 1.54) is 5.56 Å². The second-order valence-corrected chi connectivity index (χ2v) is 10.9. The molecule has 9 heteroatoms. The van der Waals surface area contributed by atoms with E-state index < -0.39 is 11.9 Å². The molecule has 40 heavy (non-hydrogen) atoms. The lowest BCUT2D eigenvalue weighted by Gasteiger charge is -2.29. The summed E-state index contributed by atoms with van der Waals surface area (Å²) < 4.78 is 5.93. The van der Waals surface area contributed by atoms with Crippen molar-refractivity contribution in [2.24, 2.45) is 0 Å². The first kappa shape index (κ1) is 27.8. The largest absolute Gasteiger partial charge is 0.494 e. The zero-order chi connectivity index (χ0) is 27.9. The molecular formula is C31H38N4O5. The Kier molecular flexibility index (Phi) is 9.11. The van der Waals surface area contributed by atoms with Crippen LogP contribution >= 0.6 is 0 Å². The van der Waals surface area contributed by atoms with E-state index in [1.54, 1.807) is 11.0 Å². The minimum Gasteiger partial charge on any atom is -0.494 e. The monoisotopic (exact) mass is 546 g/mol. The van der Waals surface area contributed by atoms with Gasteiger partial charge in [-0.25, -0.2) is 0 Å². The summed E-state index contributed by atoms with van der Waals surface area (Å²) in [4.78, 5) is 52.4. The van der Waals surface area contributed by atoms with E-state index in [9.17, 15) is 19.2 Å². The molecule has 0 radical (unpaired) electrons. The van der Waals surface area contributed by atoms with E-state index >= 15 is 0 Å². The Morgan fingerprint density at radius 3 is 2.52 bits per heavy atom. The molecule has 0 spiro atoms. The summed E-state index contributed by atoms with van der Waals surface area (Å²) in [6.45, 7) is 4.45. The van der Waals surface area contributed by atoms with Crippen molar-refractivity contribution in [1.29, 1.82) is 0 Å². The Morgan fingerprint density at radius 2 is 1.75 bits per heavy atom. The van der Waals surface area contributed by atoms with E-state index in [4.69, 9.17) is 4.74 Å². The van der Waals surface area contributed by atoms with Gasteiger partial charge in [-0.05, 0) is 80.1 Å². The Balaban J connectivity index is 0.946. The molecule has 5 rings (SSSR count). The number of hydrogen-bond acceptors (Lipinski definition) is 6. The van der Waals surface area contributed by atoms with Crippen LogP contribution < -0.4 is 15.4 Å². The second-order valence-electron chi connectivity index (χ2n) is 10.9. The molecule has 1 unspecified atom stereocenters. The molecule has 0 aliphatic carbocycles. The van der Waals surface area contributed by atoms with Crippen molar-refractivity contribution < 1.29 is 23.9 Å². The minimum atomic E-state index is -0.604. The van der Waals surface area contributed by atoms with Gasteiger partial charge in [-0.3, -0.25) is 24.5 Å². The Morgan fingerprint density at radius 1 is 0.975 bits per heavy atom. The summed E-state index contributed by atoms with van der Waals surface area (Å²) in [5.41, 5.74) is 3.40. The second kappa shape index (κ2) is 13.1. The van der Waals surface area contributed by atoms with E-state index in [0.717, 1.165) is 81.6 Å². The van der Waals surface area contributed by atoms with Gasteiger partial charge in [-0.15, -0.1) is 0 Å². The SMILES string of the molecule is O=C1CCC(N2Cc3cc(OCCCCCCNCc4ccc(C(=O)N5CCCC5)cc4)ccc3C2=O)C(=O)N1. The summed E-state index contributed by atoms with van der Waals surface area (Å²) in [6.07, 6.45) is 7.03. The van der Waals surface area contributed by atoms with Gasteiger partial charge in [0.25, 0.3) is 11.8 Å². The van der Waals surface area contributed by atoms with Crippen molar-refractivity contribution >= 4 is 23.6 Å². The maximum absolute atomic E-state index is 12.8. The molecule has 3 aliphatic heterocycles. The number of fused-ring (bicyclic) bond motifs is 1. The number of ether oxygens (including phenoxy) is 1. The predicted molar refractivity (Wildman–Crippen MR) is 150 cm³/mol.